The Bertz CT molecular complexity index is 425. The lowest BCUT2D eigenvalue weighted by atomic mass is 9.88. The molecule has 106 valence electrons. The predicted octanol–water partition coefficient (Wildman–Crippen LogP) is 3.54. The molecule has 1 aromatic carbocycles. The van der Waals surface area contributed by atoms with Crippen molar-refractivity contribution in [3.63, 3.8) is 0 Å². The van der Waals surface area contributed by atoms with Crippen molar-refractivity contribution in [2.24, 2.45) is 11.7 Å². The van der Waals surface area contributed by atoms with Crippen LogP contribution in [0.2, 0.25) is 0 Å². The summed E-state index contributed by atoms with van der Waals surface area (Å²) in [5.41, 5.74) is 7.05. The number of nitrogens with two attached hydrogens (primary N) is 1. The number of likely N-dealkylation sites (tertiary alicyclic amines) is 1. The topological polar surface area (TPSA) is 29.3 Å². The van der Waals surface area contributed by atoms with E-state index in [1.54, 1.807) is 0 Å². The van der Waals surface area contributed by atoms with E-state index in [9.17, 15) is 4.39 Å². The van der Waals surface area contributed by atoms with Crippen molar-refractivity contribution in [2.45, 2.75) is 38.8 Å². The Morgan fingerprint density at radius 2 is 2.26 bits per heavy atom. The summed E-state index contributed by atoms with van der Waals surface area (Å²) >= 11 is 3.44. The maximum Gasteiger partial charge on any atom is 0.124 e. The first-order valence-corrected chi connectivity index (χ1v) is 7.81. The van der Waals surface area contributed by atoms with E-state index in [4.69, 9.17) is 5.73 Å². The van der Waals surface area contributed by atoms with E-state index >= 15 is 0 Å². The third-order valence-corrected chi connectivity index (χ3v) is 4.92. The van der Waals surface area contributed by atoms with Crippen molar-refractivity contribution in [3.8, 4) is 0 Å². The van der Waals surface area contributed by atoms with Crippen LogP contribution in [-0.2, 0) is 6.54 Å². The molecule has 1 aliphatic rings. The van der Waals surface area contributed by atoms with Crippen LogP contribution in [0.15, 0.2) is 22.7 Å². The summed E-state index contributed by atoms with van der Waals surface area (Å²) in [4.78, 5) is 2.43. The highest BCUT2D eigenvalue weighted by Crippen LogP contribution is 2.28. The third-order valence-electron chi connectivity index (χ3n) is 4.18. The first kappa shape index (κ1) is 14.9. The summed E-state index contributed by atoms with van der Waals surface area (Å²) in [5, 5.41) is 0. The Balaban J connectivity index is 2.05. The van der Waals surface area contributed by atoms with E-state index in [-0.39, 0.29) is 5.82 Å². The van der Waals surface area contributed by atoms with Gasteiger partial charge in [-0.05, 0) is 43.0 Å². The number of rotatable bonds is 4. The quantitative estimate of drug-likeness (QED) is 0.915. The molecule has 1 aliphatic heterocycles. The van der Waals surface area contributed by atoms with Crippen LogP contribution in [0.3, 0.4) is 0 Å². The van der Waals surface area contributed by atoms with Gasteiger partial charge in [-0.15, -0.1) is 0 Å². The highest BCUT2D eigenvalue weighted by molar-refractivity contribution is 9.10. The Kier molecular flexibility index (Phi) is 5.37. The molecule has 0 amide bonds. The van der Waals surface area contributed by atoms with Crippen molar-refractivity contribution in [1.29, 1.82) is 0 Å². The minimum absolute atomic E-state index is 0.198. The van der Waals surface area contributed by atoms with Crippen molar-refractivity contribution in [1.82, 2.24) is 4.90 Å². The molecule has 0 spiro atoms. The van der Waals surface area contributed by atoms with Crippen molar-refractivity contribution in [2.75, 3.05) is 13.1 Å². The van der Waals surface area contributed by atoms with E-state index < -0.39 is 0 Å². The third kappa shape index (κ3) is 3.77. The Morgan fingerprint density at radius 3 is 2.89 bits per heavy atom. The smallest absolute Gasteiger partial charge is 0.124 e. The highest BCUT2D eigenvalue weighted by Gasteiger charge is 2.26. The van der Waals surface area contributed by atoms with Crippen LogP contribution in [0.4, 0.5) is 4.39 Å². The number of halogens is 2. The zero-order valence-corrected chi connectivity index (χ0v) is 13.0. The summed E-state index contributed by atoms with van der Waals surface area (Å²) in [6.45, 7) is 4.89. The van der Waals surface area contributed by atoms with Crippen LogP contribution in [0.25, 0.3) is 0 Å². The van der Waals surface area contributed by atoms with Crippen molar-refractivity contribution in [3.05, 3.63) is 34.1 Å². The van der Waals surface area contributed by atoms with Gasteiger partial charge in [-0.1, -0.05) is 35.3 Å². The van der Waals surface area contributed by atoms with Gasteiger partial charge in [0.25, 0.3) is 0 Å². The molecule has 1 saturated heterocycles. The normalized spacial score (nSPS) is 24.6. The molecule has 0 saturated carbocycles. The van der Waals surface area contributed by atoms with Crippen molar-refractivity contribution < 1.29 is 4.39 Å². The fourth-order valence-corrected chi connectivity index (χ4v) is 3.35. The molecule has 1 heterocycles. The van der Waals surface area contributed by atoms with Gasteiger partial charge >= 0.3 is 0 Å². The fraction of sp³-hybridized carbons (Fsp3) is 0.600. The molecule has 1 aromatic rings. The molecule has 0 aromatic heterocycles. The molecule has 0 aliphatic carbocycles. The second kappa shape index (κ2) is 6.82. The van der Waals surface area contributed by atoms with Gasteiger partial charge in [0, 0.05) is 23.6 Å². The molecule has 19 heavy (non-hydrogen) atoms. The van der Waals surface area contributed by atoms with E-state index in [0.29, 0.717) is 12.6 Å². The van der Waals surface area contributed by atoms with Crippen LogP contribution < -0.4 is 5.73 Å². The molecular formula is C15H22BrFN2. The second-order valence-electron chi connectivity index (χ2n) is 5.39. The van der Waals surface area contributed by atoms with E-state index in [2.05, 4.69) is 27.8 Å². The number of nitrogens with zero attached hydrogens (tertiary/aromatic N) is 1. The van der Waals surface area contributed by atoms with E-state index in [1.165, 1.54) is 31.4 Å². The van der Waals surface area contributed by atoms with Gasteiger partial charge in [-0.2, -0.15) is 0 Å². The Labute approximate surface area is 123 Å². The molecule has 4 heteroatoms. The molecule has 2 atom stereocenters. The fourth-order valence-electron chi connectivity index (χ4n) is 2.88. The number of hydrogen-bond donors (Lipinski definition) is 1. The lowest BCUT2D eigenvalue weighted by Gasteiger charge is -2.39. The van der Waals surface area contributed by atoms with Crippen LogP contribution in [0, 0.1) is 11.7 Å². The molecule has 1 fully saturated rings. The van der Waals surface area contributed by atoms with Crippen LogP contribution in [-0.4, -0.2) is 24.0 Å². The summed E-state index contributed by atoms with van der Waals surface area (Å²) in [6, 6.07) is 5.37. The number of piperidine rings is 1. The molecule has 2 unspecified atom stereocenters. The Hall–Kier alpha value is -0.450. The summed E-state index contributed by atoms with van der Waals surface area (Å²) < 4.78 is 14.0. The van der Waals surface area contributed by atoms with E-state index in [1.807, 2.05) is 6.07 Å². The largest absolute Gasteiger partial charge is 0.329 e. The molecule has 2 nitrogen and oxygen atoms in total. The van der Waals surface area contributed by atoms with Crippen LogP contribution in [0.1, 0.15) is 31.7 Å². The van der Waals surface area contributed by atoms with Gasteiger partial charge in [0.1, 0.15) is 5.82 Å². The first-order chi connectivity index (χ1) is 9.13. The summed E-state index contributed by atoms with van der Waals surface area (Å²) in [6.07, 6.45) is 3.67. The minimum atomic E-state index is -0.198. The van der Waals surface area contributed by atoms with E-state index in [0.717, 1.165) is 29.0 Å². The van der Waals surface area contributed by atoms with Crippen LogP contribution >= 0.6 is 15.9 Å². The molecule has 0 bridgehead atoms. The summed E-state index contributed by atoms with van der Waals surface area (Å²) in [5.74, 6) is 0.608. The van der Waals surface area contributed by atoms with Gasteiger partial charge in [0.2, 0.25) is 0 Å². The molecular weight excluding hydrogens is 307 g/mol. The number of benzene rings is 1. The Morgan fingerprint density at radius 1 is 1.47 bits per heavy atom. The second-order valence-corrected chi connectivity index (χ2v) is 6.25. The minimum Gasteiger partial charge on any atom is -0.329 e. The lowest BCUT2D eigenvalue weighted by molar-refractivity contribution is 0.107. The van der Waals surface area contributed by atoms with Gasteiger partial charge in [0.05, 0.1) is 0 Å². The summed E-state index contributed by atoms with van der Waals surface area (Å²) in [7, 11) is 0. The van der Waals surface area contributed by atoms with Crippen molar-refractivity contribution >= 4 is 15.9 Å². The zero-order chi connectivity index (χ0) is 13.8. The first-order valence-electron chi connectivity index (χ1n) is 7.02. The molecule has 2 rings (SSSR count). The highest BCUT2D eigenvalue weighted by atomic mass is 79.9. The monoisotopic (exact) mass is 328 g/mol. The van der Waals surface area contributed by atoms with Gasteiger partial charge < -0.3 is 5.73 Å². The lowest BCUT2D eigenvalue weighted by Crippen LogP contribution is -2.46. The molecule has 2 N–H and O–H groups in total. The average Bonchev–Trinajstić information content (AvgIpc) is 2.42. The molecule has 0 radical (unpaired) electrons. The SMILES string of the molecule is CCC1CCN(Cc2ccc(F)cc2Br)C(CN)C1. The number of hydrogen-bond acceptors (Lipinski definition) is 2. The van der Waals surface area contributed by atoms with Crippen LogP contribution in [0.5, 0.6) is 0 Å². The van der Waals surface area contributed by atoms with Gasteiger partial charge in [-0.25, -0.2) is 4.39 Å². The maximum atomic E-state index is 13.1. The predicted molar refractivity (Wildman–Crippen MR) is 80.4 cm³/mol. The maximum absolute atomic E-state index is 13.1. The van der Waals surface area contributed by atoms with Gasteiger partial charge in [-0.3, -0.25) is 4.90 Å². The zero-order valence-electron chi connectivity index (χ0n) is 11.4. The standard InChI is InChI=1S/C15H22BrFN2/c1-2-11-5-6-19(14(7-11)9-18)10-12-3-4-13(17)8-15(12)16/h3-4,8,11,14H,2,5-7,9-10,18H2,1H3. The van der Waals surface area contributed by atoms with Gasteiger partial charge in [0.15, 0.2) is 0 Å². The average molecular weight is 329 g/mol.